The van der Waals surface area contributed by atoms with Crippen molar-refractivity contribution in [3.8, 4) is 5.75 Å². The lowest BCUT2D eigenvalue weighted by atomic mass is 10.1. The number of fused-ring (bicyclic) bond motifs is 1. The Labute approximate surface area is 164 Å². The van der Waals surface area contributed by atoms with Gasteiger partial charge in [-0.1, -0.05) is 36.4 Å². The third-order valence-corrected chi connectivity index (χ3v) is 4.43. The highest BCUT2D eigenvalue weighted by atomic mass is 16.5. The van der Waals surface area contributed by atoms with Gasteiger partial charge in [0.1, 0.15) is 12.3 Å². The number of hydrogen-bond donors (Lipinski definition) is 3. The van der Waals surface area contributed by atoms with Gasteiger partial charge in [-0.25, -0.2) is 0 Å². The zero-order valence-electron chi connectivity index (χ0n) is 16.0. The van der Waals surface area contributed by atoms with Crippen LogP contribution in [-0.4, -0.2) is 32.5 Å². The van der Waals surface area contributed by atoms with Crippen LogP contribution in [0.4, 0.5) is 0 Å². The van der Waals surface area contributed by atoms with Crippen molar-refractivity contribution in [3.05, 3.63) is 77.9 Å². The fourth-order valence-electron chi connectivity index (χ4n) is 3.03. The van der Waals surface area contributed by atoms with Crippen LogP contribution in [0, 0.1) is 0 Å². The Morgan fingerprint density at radius 3 is 2.39 bits per heavy atom. The van der Waals surface area contributed by atoms with Crippen LogP contribution < -0.4 is 20.5 Å². The first-order valence-electron chi connectivity index (χ1n) is 9.07. The molecule has 0 saturated heterocycles. The first kappa shape index (κ1) is 19.4. The second kappa shape index (κ2) is 9.01. The minimum Gasteiger partial charge on any atom is -0.497 e. The fourth-order valence-corrected chi connectivity index (χ4v) is 3.03. The first-order chi connectivity index (χ1) is 13.5. The summed E-state index contributed by atoms with van der Waals surface area (Å²) in [5.74, 6) is 0.251. The van der Waals surface area contributed by atoms with Gasteiger partial charge < -0.3 is 9.64 Å². The largest absolute Gasteiger partial charge is 0.497 e. The first-order valence-corrected chi connectivity index (χ1v) is 9.07. The Morgan fingerprint density at radius 1 is 0.929 bits per heavy atom. The number of carbonyl (C=O) groups is 2. The van der Waals surface area contributed by atoms with E-state index in [0.717, 1.165) is 27.0 Å². The Kier molecular flexibility index (Phi) is 6.24. The minimum atomic E-state index is -0.337. The molecular weight excluding hydrogens is 354 g/mol. The molecule has 3 rings (SSSR count). The van der Waals surface area contributed by atoms with Gasteiger partial charge in [0.15, 0.2) is 6.54 Å². The average molecular weight is 378 g/mol. The zero-order chi connectivity index (χ0) is 19.9. The van der Waals surface area contributed by atoms with E-state index in [1.165, 1.54) is 0 Å². The number of benzene rings is 3. The highest BCUT2D eigenvalue weighted by Gasteiger charge is 2.12. The number of hydrogen-bond acceptors (Lipinski definition) is 3. The molecule has 0 aliphatic rings. The van der Waals surface area contributed by atoms with Crippen molar-refractivity contribution in [2.45, 2.75) is 6.54 Å². The lowest BCUT2D eigenvalue weighted by Gasteiger charge is -2.15. The Balaban J connectivity index is 1.52. The maximum atomic E-state index is 12.1. The van der Waals surface area contributed by atoms with E-state index < -0.39 is 0 Å². The van der Waals surface area contributed by atoms with Gasteiger partial charge in [0.05, 0.1) is 14.2 Å². The SMILES string of the molecule is COc1ccc2cc(C[NH+](C)CC(=O)NNC(=O)c3ccccc3)ccc2c1. The van der Waals surface area contributed by atoms with Gasteiger partial charge in [-0.15, -0.1) is 0 Å². The Bertz CT molecular complexity index is 973. The molecule has 0 aliphatic heterocycles. The predicted octanol–water partition coefficient (Wildman–Crippen LogP) is 1.32. The molecule has 1 atom stereocenters. The number of ether oxygens (including phenoxy) is 1. The van der Waals surface area contributed by atoms with Crippen LogP contribution in [0.1, 0.15) is 15.9 Å². The molecule has 6 nitrogen and oxygen atoms in total. The molecule has 0 heterocycles. The smallest absolute Gasteiger partial charge is 0.293 e. The monoisotopic (exact) mass is 378 g/mol. The molecule has 1 unspecified atom stereocenters. The number of likely N-dealkylation sites (N-methyl/N-ethyl adjacent to an activating group) is 1. The number of quaternary nitrogens is 1. The number of carbonyl (C=O) groups excluding carboxylic acids is 2. The number of nitrogens with one attached hydrogen (secondary N) is 3. The van der Waals surface area contributed by atoms with Gasteiger partial charge in [0.2, 0.25) is 0 Å². The summed E-state index contributed by atoms with van der Waals surface area (Å²) in [6.07, 6.45) is 0. The minimum absolute atomic E-state index is 0.243. The van der Waals surface area contributed by atoms with Crippen LogP contribution in [-0.2, 0) is 11.3 Å². The van der Waals surface area contributed by atoms with E-state index in [1.807, 2.05) is 31.3 Å². The van der Waals surface area contributed by atoms with Gasteiger partial charge in [0.25, 0.3) is 11.8 Å². The lowest BCUT2D eigenvalue weighted by Crippen LogP contribution is -3.09. The van der Waals surface area contributed by atoms with Crippen molar-refractivity contribution in [1.82, 2.24) is 10.9 Å². The van der Waals surface area contributed by atoms with Crippen LogP contribution >= 0.6 is 0 Å². The highest BCUT2D eigenvalue weighted by molar-refractivity contribution is 5.95. The molecule has 0 aliphatic carbocycles. The molecular formula is C22H24N3O3+. The Hall–Kier alpha value is -3.38. The summed E-state index contributed by atoms with van der Waals surface area (Å²) in [6, 6.07) is 20.9. The quantitative estimate of drug-likeness (QED) is 0.567. The second-order valence-corrected chi connectivity index (χ2v) is 6.73. The average Bonchev–Trinajstić information content (AvgIpc) is 2.72. The molecule has 3 aromatic rings. The highest BCUT2D eigenvalue weighted by Crippen LogP contribution is 2.21. The van der Waals surface area contributed by atoms with Crippen molar-refractivity contribution in [2.75, 3.05) is 20.7 Å². The summed E-state index contributed by atoms with van der Waals surface area (Å²) in [4.78, 5) is 25.1. The number of rotatable bonds is 6. The molecule has 3 N–H and O–H groups in total. The standard InChI is InChI=1S/C22H23N3O3/c1-25(15-21(26)23-24-22(27)17-6-4-3-5-7-17)14-16-8-9-19-13-20(28-2)11-10-18(19)12-16/h3-13H,14-15H2,1-2H3,(H,23,26)(H,24,27)/p+1. The van der Waals surface area contributed by atoms with Gasteiger partial charge in [0, 0.05) is 11.1 Å². The molecule has 0 fully saturated rings. The van der Waals surface area contributed by atoms with E-state index in [-0.39, 0.29) is 18.4 Å². The van der Waals surface area contributed by atoms with Crippen molar-refractivity contribution in [3.63, 3.8) is 0 Å². The molecule has 0 bridgehead atoms. The normalized spacial score (nSPS) is 11.6. The zero-order valence-corrected chi connectivity index (χ0v) is 16.0. The van der Waals surface area contributed by atoms with Gasteiger partial charge in [-0.3, -0.25) is 20.4 Å². The van der Waals surface area contributed by atoms with Gasteiger partial charge in [-0.2, -0.15) is 0 Å². The number of hydrazine groups is 1. The molecule has 0 saturated carbocycles. The van der Waals surface area contributed by atoms with E-state index in [1.54, 1.807) is 31.4 Å². The van der Waals surface area contributed by atoms with Crippen LogP contribution in [0.5, 0.6) is 5.75 Å². The summed E-state index contributed by atoms with van der Waals surface area (Å²) in [5.41, 5.74) is 6.54. The maximum Gasteiger partial charge on any atom is 0.293 e. The van der Waals surface area contributed by atoms with E-state index in [9.17, 15) is 9.59 Å². The van der Waals surface area contributed by atoms with E-state index in [4.69, 9.17) is 4.74 Å². The molecule has 0 spiro atoms. The molecule has 0 radical (unpaired) electrons. The molecule has 3 aromatic carbocycles. The van der Waals surface area contributed by atoms with E-state index in [0.29, 0.717) is 12.1 Å². The molecule has 28 heavy (non-hydrogen) atoms. The molecule has 2 amide bonds. The van der Waals surface area contributed by atoms with Crippen LogP contribution in [0.25, 0.3) is 10.8 Å². The van der Waals surface area contributed by atoms with Crippen LogP contribution in [0.2, 0.25) is 0 Å². The van der Waals surface area contributed by atoms with Crippen molar-refractivity contribution in [1.29, 1.82) is 0 Å². The topological polar surface area (TPSA) is 71.9 Å². The van der Waals surface area contributed by atoms with Crippen molar-refractivity contribution >= 4 is 22.6 Å². The van der Waals surface area contributed by atoms with Crippen LogP contribution in [0.15, 0.2) is 66.7 Å². The maximum absolute atomic E-state index is 12.1. The number of methoxy groups -OCH3 is 1. The fraction of sp³-hybridized carbons (Fsp3) is 0.182. The molecule has 0 aromatic heterocycles. The molecule has 144 valence electrons. The summed E-state index contributed by atoms with van der Waals surface area (Å²) in [7, 11) is 3.60. The molecule has 6 heteroatoms. The summed E-state index contributed by atoms with van der Waals surface area (Å²) in [6.45, 7) is 0.942. The van der Waals surface area contributed by atoms with E-state index in [2.05, 4.69) is 29.1 Å². The summed E-state index contributed by atoms with van der Waals surface area (Å²) >= 11 is 0. The lowest BCUT2D eigenvalue weighted by molar-refractivity contribution is -0.885. The predicted molar refractivity (Wildman–Crippen MR) is 108 cm³/mol. The third-order valence-electron chi connectivity index (χ3n) is 4.43. The number of amides is 2. The second-order valence-electron chi connectivity index (χ2n) is 6.73. The Morgan fingerprint density at radius 2 is 1.64 bits per heavy atom. The summed E-state index contributed by atoms with van der Waals surface area (Å²) < 4.78 is 5.25. The van der Waals surface area contributed by atoms with Crippen LogP contribution in [0.3, 0.4) is 0 Å². The third kappa shape index (κ3) is 5.08. The summed E-state index contributed by atoms with van der Waals surface area (Å²) in [5, 5.41) is 2.24. The van der Waals surface area contributed by atoms with E-state index >= 15 is 0 Å². The van der Waals surface area contributed by atoms with Gasteiger partial charge >= 0.3 is 0 Å². The van der Waals surface area contributed by atoms with Gasteiger partial charge in [-0.05, 0) is 41.1 Å². The van der Waals surface area contributed by atoms with Crippen molar-refractivity contribution < 1.29 is 19.2 Å². The van der Waals surface area contributed by atoms with Crippen molar-refractivity contribution in [2.24, 2.45) is 0 Å².